The number of piperidine rings is 1. The maximum absolute atomic E-state index is 12.5. The molecule has 1 aromatic heterocycles. The largest absolute Gasteiger partial charge is 0.338 e. The zero-order valence-corrected chi connectivity index (χ0v) is 13.2. The molecule has 0 aromatic carbocycles. The molecule has 2 atom stereocenters. The highest BCUT2D eigenvalue weighted by molar-refractivity contribution is 7.09. The van der Waals surface area contributed by atoms with Gasteiger partial charge in [0.05, 0.1) is 6.54 Å². The molecular weight excluding hydrogens is 280 g/mol. The Labute approximate surface area is 125 Å². The van der Waals surface area contributed by atoms with E-state index in [1.54, 1.807) is 11.3 Å². The van der Waals surface area contributed by atoms with E-state index in [-0.39, 0.29) is 18.3 Å². The molecule has 1 aromatic rings. The normalized spacial score (nSPS) is 22.6. The molecule has 1 fully saturated rings. The van der Waals surface area contributed by atoms with Gasteiger partial charge in [-0.3, -0.25) is 4.79 Å². The summed E-state index contributed by atoms with van der Waals surface area (Å²) < 4.78 is 0. The van der Waals surface area contributed by atoms with Crippen molar-refractivity contribution in [3.05, 3.63) is 22.4 Å². The molecule has 5 heteroatoms. The van der Waals surface area contributed by atoms with Gasteiger partial charge in [-0.25, -0.2) is 0 Å². The Balaban J connectivity index is 0.00000180. The van der Waals surface area contributed by atoms with Gasteiger partial charge in [0.15, 0.2) is 0 Å². The van der Waals surface area contributed by atoms with Crippen LogP contribution in [0.15, 0.2) is 17.5 Å². The number of hydrogen-bond donors (Lipinski definition) is 1. The van der Waals surface area contributed by atoms with E-state index in [0.29, 0.717) is 11.9 Å². The summed E-state index contributed by atoms with van der Waals surface area (Å²) in [5, 5.41) is 5.47. The lowest BCUT2D eigenvalue weighted by molar-refractivity contribution is -0.137. The van der Waals surface area contributed by atoms with E-state index in [2.05, 4.69) is 30.6 Å². The Hall–Kier alpha value is -0.580. The zero-order valence-electron chi connectivity index (χ0n) is 11.6. The number of amides is 1. The van der Waals surface area contributed by atoms with Gasteiger partial charge in [0, 0.05) is 23.4 Å². The molecule has 0 radical (unpaired) electrons. The SMILES string of the molecule is CCN(Cc1cccs1)C(=O)[C@H]1CCN[C@@H](C)C1.Cl. The average Bonchev–Trinajstić information content (AvgIpc) is 2.88. The number of carbonyl (C=O) groups excluding carboxylic acids is 1. The maximum atomic E-state index is 12.5. The summed E-state index contributed by atoms with van der Waals surface area (Å²) in [6, 6.07) is 4.62. The topological polar surface area (TPSA) is 32.3 Å². The monoisotopic (exact) mass is 302 g/mol. The van der Waals surface area contributed by atoms with Crippen molar-refractivity contribution >= 4 is 29.7 Å². The van der Waals surface area contributed by atoms with Crippen molar-refractivity contribution < 1.29 is 4.79 Å². The highest BCUT2D eigenvalue weighted by atomic mass is 35.5. The van der Waals surface area contributed by atoms with Crippen LogP contribution in [0.2, 0.25) is 0 Å². The lowest BCUT2D eigenvalue weighted by atomic mass is 9.92. The minimum atomic E-state index is 0. The Morgan fingerprint density at radius 2 is 2.37 bits per heavy atom. The van der Waals surface area contributed by atoms with E-state index < -0.39 is 0 Å². The third-order valence-corrected chi connectivity index (χ3v) is 4.45. The molecule has 0 bridgehead atoms. The van der Waals surface area contributed by atoms with Crippen molar-refractivity contribution in [1.82, 2.24) is 10.2 Å². The second-order valence-electron chi connectivity index (χ2n) is 5.01. The first-order valence-corrected chi connectivity index (χ1v) is 7.63. The van der Waals surface area contributed by atoms with Crippen LogP contribution < -0.4 is 5.32 Å². The highest BCUT2D eigenvalue weighted by Gasteiger charge is 2.27. The van der Waals surface area contributed by atoms with Gasteiger partial charge in [0.2, 0.25) is 5.91 Å². The first-order chi connectivity index (χ1) is 8.70. The van der Waals surface area contributed by atoms with E-state index >= 15 is 0 Å². The fraction of sp³-hybridized carbons (Fsp3) is 0.643. The fourth-order valence-corrected chi connectivity index (χ4v) is 3.27. The van der Waals surface area contributed by atoms with E-state index in [1.807, 2.05) is 11.0 Å². The minimum absolute atomic E-state index is 0. The average molecular weight is 303 g/mol. The lowest BCUT2D eigenvalue weighted by Gasteiger charge is -2.31. The van der Waals surface area contributed by atoms with Gasteiger partial charge in [-0.2, -0.15) is 0 Å². The molecule has 1 aliphatic rings. The Bertz CT molecular complexity index is 383. The van der Waals surface area contributed by atoms with Crippen LogP contribution in [0.5, 0.6) is 0 Å². The van der Waals surface area contributed by atoms with Gasteiger partial charge >= 0.3 is 0 Å². The Morgan fingerprint density at radius 1 is 1.58 bits per heavy atom. The molecule has 1 amide bonds. The standard InChI is InChI=1S/C14H22N2OS.ClH/c1-3-16(10-13-5-4-8-18-13)14(17)12-6-7-15-11(2)9-12;/h4-5,8,11-12,15H,3,6-7,9-10H2,1-2H3;1H/t11-,12-;/m0./s1. The number of hydrogen-bond acceptors (Lipinski definition) is 3. The van der Waals surface area contributed by atoms with E-state index in [1.165, 1.54) is 4.88 Å². The van der Waals surface area contributed by atoms with Crippen molar-refractivity contribution in [3.8, 4) is 0 Å². The van der Waals surface area contributed by atoms with Crippen molar-refractivity contribution in [2.24, 2.45) is 5.92 Å². The molecule has 0 aliphatic carbocycles. The number of carbonyl (C=O) groups is 1. The molecule has 19 heavy (non-hydrogen) atoms. The predicted octanol–water partition coefficient (Wildman–Crippen LogP) is 2.91. The van der Waals surface area contributed by atoms with Crippen LogP contribution in [-0.2, 0) is 11.3 Å². The van der Waals surface area contributed by atoms with Crippen LogP contribution >= 0.6 is 23.7 Å². The molecule has 108 valence electrons. The summed E-state index contributed by atoms with van der Waals surface area (Å²) >= 11 is 1.72. The van der Waals surface area contributed by atoms with Crippen molar-refractivity contribution in [3.63, 3.8) is 0 Å². The maximum Gasteiger partial charge on any atom is 0.226 e. The number of nitrogens with zero attached hydrogens (tertiary/aromatic N) is 1. The Morgan fingerprint density at radius 3 is 2.95 bits per heavy atom. The van der Waals surface area contributed by atoms with Gasteiger partial charge in [0.25, 0.3) is 0 Å². The summed E-state index contributed by atoms with van der Waals surface area (Å²) in [5.41, 5.74) is 0. The minimum Gasteiger partial charge on any atom is -0.338 e. The molecule has 3 nitrogen and oxygen atoms in total. The lowest BCUT2D eigenvalue weighted by Crippen LogP contribution is -2.43. The van der Waals surface area contributed by atoms with Crippen LogP contribution in [0.25, 0.3) is 0 Å². The summed E-state index contributed by atoms with van der Waals surface area (Å²) in [6.07, 6.45) is 1.95. The third kappa shape index (κ3) is 4.48. The number of halogens is 1. The molecule has 0 spiro atoms. The molecule has 2 rings (SSSR count). The number of thiophene rings is 1. The van der Waals surface area contributed by atoms with Crippen LogP contribution in [-0.4, -0.2) is 29.9 Å². The zero-order chi connectivity index (χ0) is 13.0. The van der Waals surface area contributed by atoms with Crippen LogP contribution in [0, 0.1) is 5.92 Å². The van der Waals surface area contributed by atoms with E-state index in [0.717, 1.165) is 32.5 Å². The Kier molecular flexibility index (Phi) is 6.83. The van der Waals surface area contributed by atoms with Crippen LogP contribution in [0.4, 0.5) is 0 Å². The smallest absolute Gasteiger partial charge is 0.226 e. The number of nitrogens with one attached hydrogen (secondary N) is 1. The molecule has 2 heterocycles. The molecule has 0 unspecified atom stereocenters. The van der Waals surface area contributed by atoms with Gasteiger partial charge in [-0.05, 0) is 44.7 Å². The summed E-state index contributed by atoms with van der Waals surface area (Å²) in [7, 11) is 0. The van der Waals surface area contributed by atoms with Crippen LogP contribution in [0.3, 0.4) is 0 Å². The van der Waals surface area contributed by atoms with E-state index in [9.17, 15) is 4.79 Å². The molecule has 1 aliphatic heterocycles. The molecule has 1 N–H and O–H groups in total. The molecule has 0 saturated carbocycles. The van der Waals surface area contributed by atoms with Gasteiger partial charge < -0.3 is 10.2 Å². The van der Waals surface area contributed by atoms with Crippen molar-refractivity contribution in [1.29, 1.82) is 0 Å². The van der Waals surface area contributed by atoms with Gasteiger partial charge in [-0.15, -0.1) is 23.7 Å². The van der Waals surface area contributed by atoms with Gasteiger partial charge in [0.1, 0.15) is 0 Å². The first-order valence-electron chi connectivity index (χ1n) is 6.75. The summed E-state index contributed by atoms with van der Waals surface area (Å²) in [6.45, 7) is 6.76. The van der Waals surface area contributed by atoms with Crippen molar-refractivity contribution in [2.45, 2.75) is 39.3 Å². The van der Waals surface area contributed by atoms with E-state index in [4.69, 9.17) is 0 Å². The second kappa shape index (κ2) is 7.88. The van der Waals surface area contributed by atoms with Crippen LogP contribution in [0.1, 0.15) is 31.6 Å². The van der Waals surface area contributed by atoms with Crippen molar-refractivity contribution in [2.75, 3.05) is 13.1 Å². The fourth-order valence-electron chi connectivity index (χ4n) is 2.55. The number of rotatable bonds is 4. The third-order valence-electron chi connectivity index (χ3n) is 3.59. The van der Waals surface area contributed by atoms with Gasteiger partial charge in [-0.1, -0.05) is 6.07 Å². The second-order valence-corrected chi connectivity index (χ2v) is 6.04. The molecular formula is C14H23ClN2OS. The summed E-state index contributed by atoms with van der Waals surface area (Å²) in [5.74, 6) is 0.542. The predicted molar refractivity (Wildman–Crippen MR) is 82.8 cm³/mol. The quantitative estimate of drug-likeness (QED) is 0.927. The highest BCUT2D eigenvalue weighted by Crippen LogP contribution is 2.21. The molecule has 1 saturated heterocycles. The summed E-state index contributed by atoms with van der Waals surface area (Å²) in [4.78, 5) is 15.8. The first kappa shape index (κ1) is 16.5.